The molecule has 204 valence electrons. The fourth-order valence-corrected chi connectivity index (χ4v) is 6.87. The number of rotatable bonds is 7. The minimum Gasteiger partial charge on any atom is -0.497 e. The minimum absolute atomic E-state index is 0.110. The van der Waals surface area contributed by atoms with E-state index in [9.17, 15) is 4.79 Å². The van der Waals surface area contributed by atoms with Gasteiger partial charge in [0, 0.05) is 51.0 Å². The maximum atomic E-state index is 14.0. The molecule has 2 aromatic carbocycles. The number of nitrogens with zero attached hydrogens (tertiary/aromatic N) is 3. The lowest BCUT2D eigenvalue weighted by Crippen LogP contribution is -2.54. The molecule has 1 atom stereocenters. The van der Waals surface area contributed by atoms with E-state index in [-0.39, 0.29) is 17.5 Å². The summed E-state index contributed by atoms with van der Waals surface area (Å²) in [6.07, 6.45) is 4.17. The third-order valence-corrected chi connectivity index (χ3v) is 8.57. The topological polar surface area (TPSA) is 54.5 Å². The number of methoxy groups -OCH3 is 3. The molecule has 0 aromatic heterocycles. The number of fused-ring (bicyclic) bond motifs is 3. The highest BCUT2D eigenvalue weighted by molar-refractivity contribution is 5.83. The number of aryl methyl sites for hydroxylation is 2. The Balaban J connectivity index is 1.44. The summed E-state index contributed by atoms with van der Waals surface area (Å²) in [6.45, 7) is 11.0. The Hall–Kier alpha value is -3.03. The number of carbonyl (C=O) groups is 1. The Morgan fingerprint density at radius 1 is 0.974 bits per heavy atom. The van der Waals surface area contributed by atoms with Crippen molar-refractivity contribution in [1.82, 2.24) is 14.7 Å². The quantitative estimate of drug-likeness (QED) is 0.501. The molecule has 0 radical (unpaired) electrons. The van der Waals surface area contributed by atoms with Gasteiger partial charge in [-0.2, -0.15) is 0 Å². The zero-order valence-corrected chi connectivity index (χ0v) is 23.7. The van der Waals surface area contributed by atoms with Gasteiger partial charge < -0.3 is 19.1 Å². The fourth-order valence-electron chi connectivity index (χ4n) is 6.87. The number of amides is 2. The van der Waals surface area contributed by atoms with Crippen molar-refractivity contribution < 1.29 is 19.0 Å². The molecule has 0 bridgehead atoms. The van der Waals surface area contributed by atoms with Gasteiger partial charge in [0.1, 0.15) is 11.5 Å². The van der Waals surface area contributed by atoms with Crippen LogP contribution >= 0.6 is 0 Å². The molecule has 2 fully saturated rings. The number of carbonyl (C=O) groups excluding carboxylic acids is 1. The molecule has 3 heterocycles. The molecule has 2 aromatic rings. The number of hydrogen-bond donors (Lipinski definition) is 0. The Morgan fingerprint density at radius 3 is 2.29 bits per heavy atom. The Labute approximate surface area is 226 Å². The third-order valence-electron chi connectivity index (χ3n) is 8.57. The normalized spacial score (nSPS) is 20.7. The largest absolute Gasteiger partial charge is 0.497 e. The maximum absolute atomic E-state index is 14.0. The van der Waals surface area contributed by atoms with Gasteiger partial charge in [0.05, 0.1) is 32.9 Å². The van der Waals surface area contributed by atoms with Crippen LogP contribution in [0.25, 0.3) is 0 Å². The second-order valence-corrected chi connectivity index (χ2v) is 11.0. The van der Waals surface area contributed by atoms with E-state index in [1.165, 1.54) is 33.5 Å². The summed E-state index contributed by atoms with van der Waals surface area (Å²) in [5.41, 5.74) is 7.24. The van der Waals surface area contributed by atoms with E-state index in [2.05, 4.69) is 65.8 Å². The van der Waals surface area contributed by atoms with E-state index in [0.29, 0.717) is 19.7 Å². The number of urea groups is 1. The minimum atomic E-state index is -0.308. The molecule has 2 saturated heterocycles. The second kappa shape index (κ2) is 10.6. The summed E-state index contributed by atoms with van der Waals surface area (Å²) < 4.78 is 16.4. The van der Waals surface area contributed by atoms with E-state index in [1.807, 2.05) is 6.07 Å². The number of allylic oxidation sites excluding steroid dienone is 1. The van der Waals surface area contributed by atoms with Gasteiger partial charge in [-0.1, -0.05) is 30.7 Å². The fraction of sp³-hybridized carbons (Fsp3) is 0.516. The van der Waals surface area contributed by atoms with Crippen molar-refractivity contribution in [3.8, 4) is 11.5 Å². The molecule has 7 heteroatoms. The highest BCUT2D eigenvalue weighted by Crippen LogP contribution is 2.48. The van der Waals surface area contributed by atoms with E-state index in [0.717, 1.165) is 44.0 Å². The highest BCUT2D eigenvalue weighted by Gasteiger charge is 2.55. The van der Waals surface area contributed by atoms with Crippen LogP contribution in [0.4, 0.5) is 4.79 Å². The monoisotopic (exact) mass is 519 g/mol. The molecule has 1 spiro atoms. The van der Waals surface area contributed by atoms with Gasteiger partial charge in [0.2, 0.25) is 0 Å². The lowest BCUT2D eigenvalue weighted by molar-refractivity contribution is 0.0669. The predicted molar refractivity (Wildman–Crippen MR) is 149 cm³/mol. The van der Waals surface area contributed by atoms with Crippen LogP contribution in [0, 0.1) is 13.8 Å². The Bertz CT molecular complexity index is 1210. The first kappa shape index (κ1) is 26.6. The van der Waals surface area contributed by atoms with Gasteiger partial charge in [0.25, 0.3) is 0 Å². The zero-order valence-electron chi connectivity index (χ0n) is 23.7. The van der Waals surface area contributed by atoms with Gasteiger partial charge in [-0.15, -0.1) is 0 Å². The van der Waals surface area contributed by atoms with Gasteiger partial charge in [-0.25, -0.2) is 4.79 Å². The molecule has 0 saturated carbocycles. The predicted octanol–water partition coefficient (Wildman–Crippen LogP) is 5.24. The van der Waals surface area contributed by atoms with Crippen molar-refractivity contribution in [1.29, 1.82) is 0 Å². The summed E-state index contributed by atoms with van der Waals surface area (Å²) in [5.74, 6) is 1.86. The van der Waals surface area contributed by atoms with Crippen molar-refractivity contribution >= 4 is 6.03 Å². The van der Waals surface area contributed by atoms with Crippen LogP contribution in [0.2, 0.25) is 0 Å². The molecular formula is C31H41N3O4. The van der Waals surface area contributed by atoms with Gasteiger partial charge >= 0.3 is 6.03 Å². The van der Waals surface area contributed by atoms with Crippen molar-refractivity contribution in [2.45, 2.75) is 58.2 Å². The molecule has 0 N–H and O–H groups in total. The van der Waals surface area contributed by atoms with E-state index < -0.39 is 0 Å². The highest BCUT2D eigenvalue weighted by atomic mass is 16.5. The Morgan fingerprint density at radius 2 is 1.66 bits per heavy atom. The molecule has 0 aliphatic carbocycles. The molecule has 3 aliphatic rings. The lowest BCUT2D eigenvalue weighted by Gasteiger charge is -2.44. The van der Waals surface area contributed by atoms with E-state index in [4.69, 9.17) is 14.2 Å². The first-order chi connectivity index (χ1) is 18.3. The smallest absolute Gasteiger partial charge is 0.325 e. The number of likely N-dealkylation sites (tertiary alicyclic amines) is 1. The lowest BCUT2D eigenvalue weighted by atomic mass is 9.81. The third kappa shape index (κ3) is 4.67. The van der Waals surface area contributed by atoms with Gasteiger partial charge in [-0.3, -0.25) is 9.80 Å². The molecular weight excluding hydrogens is 478 g/mol. The number of hydrogen-bond acceptors (Lipinski definition) is 5. The standard InChI is InChI=1S/C31H41N3O4/c1-21-13-22(2)29-23(3)15-28-31(34(11-12-36-4)30(35)33(28)20-25(29)14-21)7-9-32(10-8-31)19-24-16-26(37-5)18-27(17-24)38-6/h13-18,23H,7-12,19-20H2,1-6H3. The van der Waals surface area contributed by atoms with Crippen LogP contribution in [-0.2, 0) is 17.8 Å². The van der Waals surface area contributed by atoms with Crippen molar-refractivity contribution in [2.24, 2.45) is 0 Å². The molecule has 5 rings (SSSR count). The summed E-state index contributed by atoms with van der Waals surface area (Å²) in [4.78, 5) is 20.6. The molecule has 1 unspecified atom stereocenters. The summed E-state index contributed by atoms with van der Waals surface area (Å²) >= 11 is 0. The van der Waals surface area contributed by atoms with Crippen molar-refractivity contribution in [3.05, 3.63) is 69.9 Å². The first-order valence-electron chi connectivity index (χ1n) is 13.6. The van der Waals surface area contributed by atoms with E-state index >= 15 is 0 Å². The van der Waals surface area contributed by atoms with Crippen LogP contribution in [0.5, 0.6) is 11.5 Å². The number of piperidine rings is 1. The van der Waals surface area contributed by atoms with Crippen LogP contribution in [0.3, 0.4) is 0 Å². The second-order valence-electron chi connectivity index (χ2n) is 11.0. The summed E-state index contributed by atoms with van der Waals surface area (Å²) in [7, 11) is 5.08. The number of benzene rings is 2. The molecule has 38 heavy (non-hydrogen) atoms. The van der Waals surface area contributed by atoms with Crippen LogP contribution in [0.15, 0.2) is 42.1 Å². The van der Waals surface area contributed by atoms with Crippen LogP contribution in [0.1, 0.15) is 53.5 Å². The summed E-state index contributed by atoms with van der Waals surface area (Å²) in [5, 5.41) is 0. The van der Waals surface area contributed by atoms with Gasteiger partial charge in [0.15, 0.2) is 0 Å². The van der Waals surface area contributed by atoms with Crippen LogP contribution < -0.4 is 9.47 Å². The van der Waals surface area contributed by atoms with Gasteiger partial charge in [-0.05, 0) is 61.1 Å². The van der Waals surface area contributed by atoms with E-state index in [1.54, 1.807) is 21.3 Å². The molecule has 3 aliphatic heterocycles. The van der Waals surface area contributed by atoms with Crippen LogP contribution in [-0.4, -0.2) is 73.8 Å². The summed E-state index contributed by atoms with van der Waals surface area (Å²) in [6, 6.07) is 10.7. The van der Waals surface area contributed by atoms with Crippen molar-refractivity contribution in [3.63, 3.8) is 0 Å². The SMILES string of the molecule is COCCN1C(=O)N2Cc3cc(C)cc(C)c3C(C)C=C2C12CCN(Cc1cc(OC)cc(OC)c1)CC2. The Kier molecular flexibility index (Phi) is 7.43. The maximum Gasteiger partial charge on any atom is 0.325 e. The average molecular weight is 520 g/mol. The zero-order chi connectivity index (χ0) is 27.0. The molecule has 7 nitrogen and oxygen atoms in total. The number of ether oxygens (including phenoxy) is 3. The molecule has 2 amide bonds. The first-order valence-corrected chi connectivity index (χ1v) is 13.6. The van der Waals surface area contributed by atoms with Crippen molar-refractivity contribution in [2.75, 3.05) is 47.6 Å². The average Bonchev–Trinajstić information content (AvgIpc) is 3.00.